The Morgan fingerprint density at radius 3 is 2.19 bits per heavy atom. The molecule has 2 N–H and O–H groups in total. The Kier molecular flexibility index (Phi) is 7.87. The fourth-order valence-electron chi connectivity index (χ4n) is 4.12. The van der Waals surface area contributed by atoms with Crippen molar-refractivity contribution >= 4 is 18.0 Å². The molecule has 0 saturated heterocycles. The minimum Gasteiger partial charge on any atom is -0.481 e. The number of hydrogen-bond donors (Lipinski definition) is 2. The third-order valence-electron chi connectivity index (χ3n) is 5.72. The Morgan fingerprint density at radius 2 is 1.62 bits per heavy atom. The number of alkyl carbamates (subject to hydrolysis) is 1. The van der Waals surface area contributed by atoms with Crippen LogP contribution in [0.4, 0.5) is 4.79 Å². The van der Waals surface area contributed by atoms with Gasteiger partial charge in [0.25, 0.3) is 0 Å². The highest BCUT2D eigenvalue weighted by molar-refractivity contribution is 5.80. The molecule has 1 aliphatic rings. The lowest BCUT2D eigenvalue weighted by Crippen LogP contribution is -2.41. The first-order chi connectivity index (χ1) is 15.4. The van der Waals surface area contributed by atoms with Gasteiger partial charge in [-0.1, -0.05) is 62.4 Å². The Hall–Kier alpha value is -3.35. The van der Waals surface area contributed by atoms with Gasteiger partial charge in [-0.05, 0) is 28.7 Å². The smallest absolute Gasteiger partial charge is 0.407 e. The molecule has 1 aliphatic carbocycles. The summed E-state index contributed by atoms with van der Waals surface area (Å²) in [6.45, 7) is 4.64. The molecule has 7 heteroatoms. The lowest BCUT2D eigenvalue weighted by molar-refractivity contribution is -0.139. The van der Waals surface area contributed by atoms with Crippen molar-refractivity contribution in [1.82, 2.24) is 10.2 Å². The minimum atomic E-state index is -0.941. The molecular weight excluding hydrogens is 408 g/mol. The van der Waals surface area contributed by atoms with Gasteiger partial charge in [0.1, 0.15) is 6.61 Å². The summed E-state index contributed by atoms with van der Waals surface area (Å²) in [4.78, 5) is 37.3. The van der Waals surface area contributed by atoms with E-state index in [9.17, 15) is 14.4 Å². The van der Waals surface area contributed by atoms with E-state index in [-0.39, 0.29) is 37.9 Å². The number of carboxylic acids is 1. The third kappa shape index (κ3) is 5.46. The molecule has 3 rings (SSSR count). The SMILES string of the molecule is CCCN(CCC(=O)O)C(=O)C(C)CNC(=O)OCC1c2ccccc2-c2ccccc21. The predicted molar refractivity (Wildman–Crippen MR) is 121 cm³/mol. The molecule has 0 saturated carbocycles. The third-order valence-corrected chi connectivity index (χ3v) is 5.72. The van der Waals surface area contributed by atoms with Crippen LogP contribution in [0, 0.1) is 5.92 Å². The van der Waals surface area contributed by atoms with Crippen molar-refractivity contribution in [3.8, 4) is 11.1 Å². The fourth-order valence-corrected chi connectivity index (χ4v) is 4.12. The van der Waals surface area contributed by atoms with Gasteiger partial charge in [0.05, 0.1) is 12.3 Å². The van der Waals surface area contributed by atoms with Crippen LogP contribution in [0.2, 0.25) is 0 Å². The van der Waals surface area contributed by atoms with Crippen molar-refractivity contribution < 1.29 is 24.2 Å². The molecule has 7 nitrogen and oxygen atoms in total. The standard InChI is InChI=1S/C25H30N2O5/c1-3-13-27(14-12-23(28)29)24(30)17(2)15-26-25(31)32-16-22-20-10-6-4-8-18(20)19-9-5-7-11-21(19)22/h4-11,17,22H,3,12-16H2,1-2H3,(H,26,31)(H,28,29). The van der Waals surface area contributed by atoms with Gasteiger partial charge in [-0.25, -0.2) is 4.79 Å². The number of rotatable bonds is 10. The van der Waals surface area contributed by atoms with Crippen molar-refractivity contribution in [2.75, 3.05) is 26.2 Å². The van der Waals surface area contributed by atoms with Crippen molar-refractivity contribution in [3.05, 3.63) is 59.7 Å². The second-order valence-electron chi connectivity index (χ2n) is 8.08. The number of hydrogen-bond acceptors (Lipinski definition) is 4. The van der Waals surface area contributed by atoms with Gasteiger partial charge in [-0.15, -0.1) is 0 Å². The summed E-state index contributed by atoms with van der Waals surface area (Å²) in [5.74, 6) is -1.62. The van der Waals surface area contributed by atoms with Gasteiger partial charge in [-0.3, -0.25) is 9.59 Å². The molecule has 0 aromatic heterocycles. The molecule has 0 radical (unpaired) electrons. The van der Waals surface area contributed by atoms with Crippen LogP contribution in [-0.2, 0) is 14.3 Å². The maximum atomic E-state index is 12.6. The maximum absolute atomic E-state index is 12.6. The van der Waals surface area contributed by atoms with Crippen molar-refractivity contribution in [2.45, 2.75) is 32.6 Å². The van der Waals surface area contributed by atoms with Gasteiger partial charge in [-0.2, -0.15) is 0 Å². The average Bonchev–Trinajstić information content (AvgIpc) is 3.12. The van der Waals surface area contributed by atoms with E-state index in [0.717, 1.165) is 28.7 Å². The molecule has 0 bridgehead atoms. The van der Waals surface area contributed by atoms with Crippen LogP contribution in [0.3, 0.4) is 0 Å². The second-order valence-corrected chi connectivity index (χ2v) is 8.08. The number of aliphatic carboxylic acids is 1. The number of fused-ring (bicyclic) bond motifs is 3. The first kappa shape index (κ1) is 23.3. The molecular formula is C25H30N2O5. The predicted octanol–water partition coefficient (Wildman–Crippen LogP) is 3.87. The van der Waals surface area contributed by atoms with Crippen LogP contribution >= 0.6 is 0 Å². The molecule has 2 aromatic rings. The maximum Gasteiger partial charge on any atom is 0.407 e. The molecule has 0 heterocycles. The lowest BCUT2D eigenvalue weighted by atomic mass is 9.98. The first-order valence-corrected chi connectivity index (χ1v) is 11.0. The van der Waals surface area contributed by atoms with Gasteiger partial charge >= 0.3 is 12.1 Å². The molecule has 2 aromatic carbocycles. The summed E-state index contributed by atoms with van der Waals surface area (Å²) < 4.78 is 5.50. The summed E-state index contributed by atoms with van der Waals surface area (Å²) in [5.41, 5.74) is 4.60. The molecule has 1 unspecified atom stereocenters. The van der Waals surface area contributed by atoms with Crippen LogP contribution in [-0.4, -0.2) is 54.2 Å². The van der Waals surface area contributed by atoms with E-state index in [4.69, 9.17) is 9.84 Å². The molecule has 0 spiro atoms. The van der Waals surface area contributed by atoms with Crippen molar-refractivity contribution in [2.24, 2.45) is 5.92 Å². The van der Waals surface area contributed by atoms with E-state index in [0.29, 0.717) is 6.54 Å². The second kappa shape index (κ2) is 10.8. The summed E-state index contributed by atoms with van der Waals surface area (Å²) >= 11 is 0. The van der Waals surface area contributed by atoms with E-state index < -0.39 is 18.0 Å². The van der Waals surface area contributed by atoms with Crippen molar-refractivity contribution in [3.63, 3.8) is 0 Å². The normalized spacial score (nSPS) is 13.1. The quantitative estimate of drug-likeness (QED) is 0.587. The fraction of sp³-hybridized carbons (Fsp3) is 0.400. The summed E-state index contributed by atoms with van der Waals surface area (Å²) in [5, 5.41) is 11.6. The van der Waals surface area contributed by atoms with Gasteiger partial charge < -0.3 is 20.1 Å². The molecule has 32 heavy (non-hydrogen) atoms. The van der Waals surface area contributed by atoms with Gasteiger partial charge in [0.15, 0.2) is 0 Å². The van der Waals surface area contributed by atoms with Crippen LogP contribution in [0.25, 0.3) is 11.1 Å². The van der Waals surface area contributed by atoms with Crippen LogP contribution in [0.1, 0.15) is 43.7 Å². The number of ether oxygens (including phenoxy) is 1. The highest BCUT2D eigenvalue weighted by Crippen LogP contribution is 2.44. The number of benzene rings is 2. The Morgan fingerprint density at radius 1 is 1.03 bits per heavy atom. The Bertz CT molecular complexity index is 929. The highest BCUT2D eigenvalue weighted by atomic mass is 16.5. The van der Waals surface area contributed by atoms with Crippen LogP contribution < -0.4 is 5.32 Å². The average molecular weight is 439 g/mol. The minimum absolute atomic E-state index is 0.0248. The van der Waals surface area contributed by atoms with Gasteiger partial charge in [0, 0.05) is 25.6 Å². The van der Waals surface area contributed by atoms with Crippen LogP contribution in [0.5, 0.6) is 0 Å². The molecule has 170 valence electrons. The zero-order chi connectivity index (χ0) is 23.1. The van der Waals surface area contributed by atoms with Gasteiger partial charge in [0.2, 0.25) is 5.91 Å². The zero-order valence-corrected chi connectivity index (χ0v) is 18.5. The van der Waals surface area contributed by atoms with E-state index in [1.807, 2.05) is 31.2 Å². The molecule has 2 amide bonds. The summed E-state index contributed by atoms with van der Waals surface area (Å²) in [6.07, 6.45) is 0.0648. The Balaban J connectivity index is 1.53. The topological polar surface area (TPSA) is 95.9 Å². The van der Waals surface area contributed by atoms with E-state index in [2.05, 4.69) is 29.6 Å². The summed E-state index contributed by atoms with van der Waals surface area (Å²) in [7, 11) is 0. The van der Waals surface area contributed by atoms with Crippen LogP contribution in [0.15, 0.2) is 48.5 Å². The monoisotopic (exact) mass is 438 g/mol. The number of nitrogens with zero attached hydrogens (tertiary/aromatic N) is 1. The largest absolute Gasteiger partial charge is 0.481 e. The zero-order valence-electron chi connectivity index (χ0n) is 18.5. The number of amides is 2. The number of carbonyl (C=O) groups is 3. The molecule has 0 aliphatic heterocycles. The molecule has 0 fully saturated rings. The number of carboxylic acid groups (broad SMARTS) is 1. The van der Waals surface area contributed by atoms with E-state index in [1.54, 1.807) is 6.92 Å². The number of nitrogens with one attached hydrogen (secondary N) is 1. The Labute approximate surface area is 188 Å². The van der Waals surface area contributed by atoms with E-state index in [1.165, 1.54) is 4.90 Å². The summed E-state index contributed by atoms with van der Waals surface area (Å²) in [6, 6.07) is 16.2. The first-order valence-electron chi connectivity index (χ1n) is 11.0. The number of carbonyl (C=O) groups excluding carboxylic acids is 2. The highest BCUT2D eigenvalue weighted by Gasteiger charge is 2.29. The van der Waals surface area contributed by atoms with Crippen molar-refractivity contribution in [1.29, 1.82) is 0 Å². The molecule has 1 atom stereocenters. The lowest BCUT2D eigenvalue weighted by Gasteiger charge is -2.25. The van der Waals surface area contributed by atoms with E-state index >= 15 is 0 Å².